The Morgan fingerprint density at radius 3 is 1.19 bits per heavy atom. The Labute approximate surface area is 328 Å². The van der Waals surface area contributed by atoms with Crippen molar-refractivity contribution in [1.29, 1.82) is 0 Å². The second-order valence-corrected chi connectivity index (χ2v) is 14.0. The quantitative estimate of drug-likeness (QED) is 0.0388. The van der Waals surface area contributed by atoms with E-state index in [1.165, 1.54) is 77.0 Å². The first-order chi connectivity index (χ1) is 26.2. The van der Waals surface area contributed by atoms with Gasteiger partial charge in [0.25, 0.3) is 0 Å². The average Bonchev–Trinajstić information content (AvgIpc) is 3.16. The van der Waals surface area contributed by atoms with Crippen molar-refractivity contribution in [3.63, 3.8) is 0 Å². The summed E-state index contributed by atoms with van der Waals surface area (Å²) in [5.41, 5.74) is 0. The zero-order chi connectivity index (χ0) is 38.4. The van der Waals surface area contributed by atoms with Gasteiger partial charge in [-0.15, -0.1) is 0 Å². The molecule has 4 nitrogen and oxygen atoms in total. The second kappa shape index (κ2) is 45.5. The normalized spacial score (nSPS) is 13.3. The van der Waals surface area contributed by atoms with Gasteiger partial charge in [0.2, 0.25) is 0 Å². The number of aliphatic hydroxyl groups excluding tert-OH is 1. The second-order valence-electron chi connectivity index (χ2n) is 14.0. The molecule has 4 heteroatoms. The SMILES string of the molecule is CC/C=C\C/C=C\C/C=C\C/C=C\C/C=C\CCCCCCCCCCCCOCC(CO)OC(=O)CCCCCCC/C=C\C/C=C\C/C=C\CC. The fourth-order valence-electron chi connectivity index (χ4n) is 5.72. The first kappa shape index (κ1) is 50.3. The highest BCUT2D eigenvalue weighted by Gasteiger charge is 2.13. The summed E-state index contributed by atoms with van der Waals surface area (Å²) in [6.45, 7) is 5.08. The molecule has 0 aromatic carbocycles. The molecule has 0 amide bonds. The largest absolute Gasteiger partial charge is 0.457 e. The first-order valence-electron chi connectivity index (χ1n) is 21.8. The van der Waals surface area contributed by atoms with Crippen LogP contribution in [0, 0.1) is 0 Å². The van der Waals surface area contributed by atoms with Crippen LogP contribution >= 0.6 is 0 Å². The number of unbranched alkanes of at least 4 members (excludes halogenated alkanes) is 15. The molecule has 0 spiro atoms. The molecule has 1 N–H and O–H groups in total. The van der Waals surface area contributed by atoms with Crippen molar-refractivity contribution in [1.82, 2.24) is 0 Å². The molecule has 0 aromatic heterocycles. The van der Waals surface area contributed by atoms with E-state index in [1.54, 1.807) is 0 Å². The van der Waals surface area contributed by atoms with Crippen molar-refractivity contribution in [3.05, 3.63) is 97.2 Å². The van der Waals surface area contributed by atoms with Crippen molar-refractivity contribution in [2.45, 2.75) is 187 Å². The van der Waals surface area contributed by atoms with E-state index in [9.17, 15) is 9.90 Å². The van der Waals surface area contributed by atoms with E-state index in [-0.39, 0.29) is 19.2 Å². The molecule has 302 valence electrons. The van der Waals surface area contributed by atoms with Crippen LogP contribution in [0.4, 0.5) is 0 Å². The number of esters is 1. The predicted molar refractivity (Wildman–Crippen MR) is 232 cm³/mol. The molecule has 0 heterocycles. The smallest absolute Gasteiger partial charge is 0.306 e. The maximum absolute atomic E-state index is 12.2. The minimum absolute atomic E-state index is 0.186. The summed E-state index contributed by atoms with van der Waals surface area (Å²) in [7, 11) is 0. The van der Waals surface area contributed by atoms with E-state index in [4.69, 9.17) is 9.47 Å². The number of hydrogen-bond acceptors (Lipinski definition) is 4. The Morgan fingerprint density at radius 1 is 0.453 bits per heavy atom. The number of rotatable bonds is 39. The highest BCUT2D eigenvalue weighted by Crippen LogP contribution is 2.13. The third-order valence-corrected chi connectivity index (χ3v) is 8.90. The van der Waals surface area contributed by atoms with E-state index >= 15 is 0 Å². The minimum atomic E-state index is -0.552. The summed E-state index contributed by atoms with van der Waals surface area (Å²) < 4.78 is 11.1. The van der Waals surface area contributed by atoms with Crippen LogP contribution in [0.5, 0.6) is 0 Å². The van der Waals surface area contributed by atoms with E-state index in [2.05, 4.69) is 111 Å². The molecule has 1 atom stereocenters. The number of allylic oxidation sites excluding steroid dienone is 16. The average molecular weight is 735 g/mol. The zero-order valence-electron chi connectivity index (χ0n) is 34.5. The van der Waals surface area contributed by atoms with Gasteiger partial charge in [-0.3, -0.25) is 4.79 Å². The van der Waals surface area contributed by atoms with Gasteiger partial charge in [0.05, 0.1) is 13.2 Å². The summed E-state index contributed by atoms with van der Waals surface area (Å²) >= 11 is 0. The van der Waals surface area contributed by atoms with Gasteiger partial charge in [-0.2, -0.15) is 0 Å². The van der Waals surface area contributed by atoms with E-state index in [0.717, 1.165) is 83.5 Å². The molecule has 1 unspecified atom stereocenters. The van der Waals surface area contributed by atoms with Crippen LogP contribution in [0.25, 0.3) is 0 Å². The van der Waals surface area contributed by atoms with Gasteiger partial charge in [0.15, 0.2) is 0 Å². The number of carbonyl (C=O) groups is 1. The van der Waals surface area contributed by atoms with Crippen LogP contribution in [0.3, 0.4) is 0 Å². The number of ether oxygens (including phenoxy) is 2. The molecule has 0 rings (SSSR count). The van der Waals surface area contributed by atoms with Crippen LogP contribution in [0.1, 0.15) is 181 Å². The van der Waals surface area contributed by atoms with Gasteiger partial charge in [-0.1, -0.05) is 182 Å². The summed E-state index contributed by atoms with van der Waals surface area (Å²) in [4.78, 5) is 12.2. The van der Waals surface area contributed by atoms with Crippen LogP contribution in [0.15, 0.2) is 97.2 Å². The molecule has 0 bridgehead atoms. The lowest BCUT2D eigenvalue weighted by molar-refractivity contribution is -0.154. The van der Waals surface area contributed by atoms with E-state index in [0.29, 0.717) is 13.0 Å². The molecule has 53 heavy (non-hydrogen) atoms. The lowest BCUT2D eigenvalue weighted by Crippen LogP contribution is -2.27. The summed E-state index contributed by atoms with van der Waals surface area (Å²) in [6, 6.07) is 0. The standard InChI is InChI=1S/C49H82O4/c1-3-5-7-9-11-13-15-17-19-20-21-22-23-24-25-26-27-28-29-31-33-35-37-39-41-43-45-52-47-48(46-50)53-49(51)44-42-40-38-36-34-32-30-18-16-14-12-10-8-6-4-2/h5-8,11-14,17-19,21-22,24-25,30,48,50H,3-4,9-10,15-16,20,23,26-29,31-47H2,1-2H3/b7-5-,8-6-,13-11-,14-12-,19-17-,22-21-,25-24-,30-18-. The Bertz CT molecular complexity index is 996. The van der Waals surface area contributed by atoms with Crippen molar-refractivity contribution in [3.8, 4) is 0 Å². The summed E-state index contributed by atoms with van der Waals surface area (Å²) in [5.74, 6) is -0.223. The third-order valence-electron chi connectivity index (χ3n) is 8.90. The number of hydrogen-bond donors (Lipinski definition) is 1. The Hall–Kier alpha value is -2.69. The fourth-order valence-corrected chi connectivity index (χ4v) is 5.72. The van der Waals surface area contributed by atoms with Crippen molar-refractivity contribution in [2.24, 2.45) is 0 Å². The van der Waals surface area contributed by atoms with Crippen LogP contribution < -0.4 is 0 Å². The van der Waals surface area contributed by atoms with Crippen molar-refractivity contribution in [2.75, 3.05) is 19.8 Å². The van der Waals surface area contributed by atoms with Crippen molar-refractivity contribution < 1.29 is 19.4 Å². The van der Waals surface area contributed by atoms with Crippen LogP contribution in [-0.4, -0.2) is 37.0 Å². The molecule has 0 saturated carbocycles. The van der Waals surface area contributed by atoms with Crippen molar-refractivity contribution >= 4 is 5.97 Å². The van der Waals surface area contributed by atoms with Gasteiger partial charge in [0.1, 0.15) is 6.10 Å². The zero-order valence-corrected chi connectivity index (χ0v) is 34.5. The lowest BCUT2D eigenvalue weighted by Gasteiger charge is -2.15. The topological polar surface area (TPSA) is 55.8 Å². The highest BCUT2D eigenvalue weighted by molar-refractivity contribution is 5.69. The number of aliphatic hydroxyl groups is 1. The van der Waals surface area contributed by atoms with E-state index in [1.807, 2.05) is 0 Å². The molecule has 0 fully saturated rings. The van der Waals surface area contributed by atoms with Gasteiger partial charge < -0.3 is 14.6 Å². The lowest BCUT2D eigenvalue weighted by atomic mass is 10.1. The number of carbonyl (C=O) groups excluding carboxylic acids is 1. The molecule has 0 radical (unpaired) electrons. The van der Waals surface area contributed by atoms with Gasteiger partial charge >= 0.3 is 5.97 Å². The Kier molecular flexibility index (Phi) is 43.2. The Morgan fingerprint density at radius 2 is 0.792 bits per heavy atom. The van der Waals surface area contributed by atoms with Gasteiger partial charge in [-0.05, 0) is 89.9 Å². The van der Waals surface area contributed by atoms with Gasteiger partial charge in [-0.25, -0.2) is 0 Å². The molecule has 0 aliphatic carbocycles. The monoisotopic (exact) mass is 735 g/mol. The maximum Gasteiger partial charge on any atom is 0.306 e. The van der Waals surface area contributed by atoms with Crippen LogP contribution in [0.2, 0.25) is 0 Å². The molecular weight excluding hydrogens is 653 g/mol. The summed E-state index contributed by atoms with van der Waals surface area (Å²) in [5, 5.41) is 9.60. The molecule has 0 aliphatic heterocycles. The predicted octanol–water partition coefficient (Wildman–Crippen LogP) is 14.5. The molecular formula is C49H82O4. The Balaban J connectivity index is 3.49. The minimum Gasteiger partial charge on any atom is -0.457 e. The molecule has 0 saturated heterocycles. The summed E-state index contributed by atoms with van der Waals surface area (Å²) in [6.07, 6.45) is 64.7. The highest BCUT2D eigenvalue weighted by atomic mass is 16.6. The first-order valence-corrected chi connectivity index (χ1v) is 21.8. The molecule has 0 aliphatic rings. The molecule has 0 aromatic rings. The van der Waals surface area contributed by atoms with Crippen LogP contribution in [-0.2, 0) is 14.3 Å². The van der Waals surface area contributed by atoms with E-state index < -0.39 is 6.10 Å². The maximum atomic E-state index is 12.2. The van der Waals surface area contributed by atoms with Gasteiger partial charge in [0, 0.05) is 13.0 Å². The fraction of sp³-hybridized carbons (Fsp3) is 0.653. The third kappa shape index (κ3) is 43.6.